The Labute approximate surface area is 119 Å². The van der Waals surface area contributed by atoms with Crippen molar-refractivity contribution in [2.24, 2.45) is 0 Å². The first-order valence-electron chi connectivity index (χ1n) is 6.85. The number of para-hydroxylation sites is 1. The van der Waals surface area contributed by atoms with Crippen molar-refractivity contribution in [1.82, 2.24) is 5.32 Å². The van der Waals surface area contributed by atoms with E-state index in [1.807, 2.05) is 37.9 Å². The summed E-state index contributed by atoms with van der Waals surface area (Å²) in [4.78, 5) is 1.93. The topological polar surface area (TPSA) is 28.4 Å². The summed E-state index contributed by atoms with van der Waals surface area (Å²) in [5, 5.41) is 3.25. The lowest BCUT2D eigenvalue weighted by atomic mass is 10.1. The van der Waals surface area contributed by atoms with Gasteiger partial charge in [0, 0.05) is 25.7 Å². The third kappa shape index (κ3) is 3.20. The van der Waals surface area contributed by atoms with Crippen LogP contribution in [-0.2, 0) is 13.1 Å². The molecule has 4 heteroatoms. The number of anilines is 1. The van der Waals surface area contributed by atoms with Crippen LogP contribution >= 0.6 is 0 Å². The highest BCUT2D eigenvalue weighted by Crippen LogP contribution is 2.25. The van der Waals surface area contributed by atoms with E-state index in [4.69, 9.17) is 4.42 Å². The summed E-state index contributed by atoms with van der Waals surface area (Å²) >= 11 is 0. The summed E-state index contributed by atoms with van der Waals surface area (Å²) in [6, 6.07) is 7.14. The van der Waals surface area contributed by atoms with Gasteiger partial charge in [0.2, 0.25) is 0 Å². The second kappa shape index (κ2) is 6.57. The van der Waals surface area contributed by atoms with Crippen molar-refractivity contribution in [2.75, 3.05) is 18.5 Å². The number of aryl methyl sites for hydroxylation is 1. The smallest absolute Gasteiger partial charge is 0.146 e. The van der Waals surface area contributed by atoms with E-state index in [0.717, 1.165) is 23.4 Å². The van der Waals surface area contributed by atoms with Gasteiger partial charge in [0.1, 0.15) is 11.6 Å². The Bertz CT molecular complexity index is 565. The number of nitrogens with one attached hydrogen (secondary N) is 1. The summed E-state index contributed by atoms with van der Waals surface area (Å²) in [6.07, 6.45) is 1.67. The van der Waals surface area contributed by atoms with Crippen molar-refractivity contribution >= 4 is 5.69 Å². The van der Waals surface area contributed by atoms with E-state index in [1.54, 1.807) is 12.3 Å². The summed E-state index contributed by atoms with van der Waals surface area (Å²) in [6.45, 7) is 6.11. The fourth-order valence-corrected chi connectivity index (χ4v) is 2.30. The third-order valence-corrected chi connectivity index (χ3v) is 3.39. The van der Waals surface area contributed by atoms with Crippen LogP contribution < -0.4 is 10.2 Å². The molecule has 0 saturated carbocycles. The van der Waals surface area contributed by atoms with Gasteiger partial charge in [0.25, 0.3) is 0 Å². The number of hydrogen-bond donors (Lipinski definition) is 1. The largest absolute Gasteiger partial charge is 0.469 e. The van der Waals surface area contributed by atoms with E-state index in [1.165, 1.54) is 6.07 Å². The van der Waals surface area contributed by atoms with E-state index < -0.39 is 0 Å². The SMILES string of the molecule is CCNCc1cccc(F)c1N(C)Cc1ccoc1C. The first-order chi connectivity index (χ1) is 9.63. The van der Waals surface area contributed by atoms with Crippen LogP contribution in [0.4, 0.5) is 10.1 Å². The zero-order valence-electron chi connectivity index (χ0n) is 12.2. The van der Waals surface area contributed by atoms with Crippen LogP contribution in [0.15, 0.2) is 34.9 Å². The first-order valence-corrected chi connectivity index (χ1v) is 6.85. The second-order valence-electron chi connectivity index (χ2n) is 4.89. The molecule has 0 fully saturated rings. The maximum atomic E-state index is 14.2. The van der Waals surface area contributed by atoms with Crippen LogP contribution in [0.1, 0.15) is 23.8 Å². The van der Waals surface area contributed by atoms with E-state index in [2.05, 4.69) is 5.32 Å². The molecule has 1 N–H and O–H groups in total. The van der Waals surface area contributed by atoms with Gasteiger partial charge in [0.15, 0.2) is 0 Å². The summed E-state index contributed by atoms with van der Waals surface area (Å²) in [5.41, 5.74) is 2.69. The molecular formula is C16H21FN2O. The quantitative estimate of drug-likeness (QED) is 0.875. The molecule has 0 saturated heterocycles. The van der Waals surface area contributed by atoms with Gasteiger partial charge in [-0.15, -0.1) is 0 Å². The number of halogens is 1. The van der Waals surface area contributed by atoms with Crippen molar-refractivity contribution in [1.29, 1.82) is 0 Å². The molecule has 1 aromatic carbocycles. The Morgan fingerprint density at radius 2 is 2.05 bits per heavy atom. The van der Waals surface area contributed by atoms with E-state index in [9.17, 15) is 4.39 Å². The van der Waals surface area contributed by atoms with Crippen molar-refractivity contribution in [3.05, 3.63) is 53.2 Å². The minimum atomic E-state index is -0.191. The van der Waals surface area contributed by atoms with Gasteiger partial charge in [-0.2, -0.15) is 0 Å². The number of rotatable bonds is 6. The van der Waals surface area contributed by atoms with Crippen molar-refractivity contribution < 1.29 is 8.81 Å². The zero-order chi connectivity index (χ0) is 14.5. The number of nitrogens with zero attached hydrogens (tertiary/aromatic N) is 1. The Balaban J connectivity index is 2.24. The van der Waals surface area contributed by atoms with Gasteiger partial charge in [-0.1, -0.05) is 19.1 Å². The normalized spacial score (nSPS) is 10.8. The van der Waals surface area contributed by atoms with Crippen molar-refractivity contribution in [2.45, 2.75) is 26.9 Å². The first kappa shape index (κ1) is 14.6. The molecule has 0 atom stereocenters. The monoisotopic (exact) mass is 276 g/mol. The molecule has 0 radical (unpaired) electrons. The van der Waals surface area contributed by atoms with Crippen LogP contribution in [-0.4, -0.2) is 13.6 Å². The highest BCUT2D eigenvalue weighted by molar-refractivity contribution is 5.54. The van der Waals surface area contributed by atoms with Gasteiger partial charge in [-0.25, -0.2) is 4.39 Å². The van der Waals surface area contributed by atoms with Crippen LogP contribution in [0.25, 0.3) is 0 Å². The van der Waals surface area contributed by atoms with Gasteiger partial charge >= 0.3 is 0 Å². The summed E-state index contributed by atoms with van der Waals surface area (Å²) in [7, 11) is 1.90. The molecule has 0 aliphatic rings. The maximum Gasteiger partial charge on any atom is 0.146 e. The number of furan rings is 1. The standard InChI is InChI=1S/C16H21FN2O/c1-4-18-10-13-6-5-7-15(17)16(13)19(3)11-14-8-9-20-12(14)2/h5-9,18H,4,10-11H2,1-3H3. The highest BCUT2D eigenvalue weighted by Gasteiger charge is 2.14. The van der Waals surface area contributed by atoms with Gasteiger partial charge < -0.3 is 14.6 Å². The molecule has 1 heterocycles. The minimum absolute atomic E-state index is 0.191. The lowest BCUT2D eigenvalue weighted by molar-refractivity contribution is 0.529. The average molecular weight is 276 g/mol. The van der Waals surface area contributed by atoms with E-state index in [-0.39, 0.29) is 5.82 Å². The molecular weight excluding hydrogens is 255 g/mol. The highest BCUT2D eigenvalue weighted by atomic mass is 19.1. The predicted octanol–water partition coefficient (Wildman–Crippen LogP) is 3.47. The van der Waals surface area contributed by atoms with Gasteiger partial charge in [0.05, 0.1) is 12.0 Å². The Morgan fingerprint density at radius 1 is 1.25 bits per heavy atom. The minimum Gasteiger partial charge on any atom is -0.469 e. The van der Waals surface area contributed by atoms with Crippen LogP contribution in [0.5, 0.6) is 0 Å². The Morgan fingerprint density at radius 3 is 2.70 bits per heavy atom. The molecule has 3 nitrogen and oxygen atoms in total. The fourth-order valence-electron chi connectivity index (χ4n) is 2.30. The van der Waals surface area contributed by atoms with E-state index >= 15 is 0 Å². The molecule has 108 valence electrons. The summed E-state index contributed by atoms with van der Waals surface area (Å²) < 4.78 is 19.5. The van der Waals surface area contributed by atoms with Crippen molar-refractivity contribution in [3.8, 4) is 0 Å². The molecule has 0 unspecified atom stereocenters. The van der Waals surface area contributed by atoms with E-state index in [0.29, 0.717) is 18.8 Å². The van der Waals surface area contributed by atoms with Gasteiger partial charge in [-0.3, -0.25) is 0 Å². The lowest BCUT2D eigenvalue weighted by Gasteiger charge is -2.23. The van der Waals surface area contributed by atoms with Gasteiger partial charge in [-0.05, 0) is 31.2 Å². The maximum absolute atomic E-state index is 14.2. The summed E-state index contributed by atoms with van der Waals surface area (Å²) in [5.74, 6) is 0.686. The predicted molar refractivity (Wildman–Crippen MR) is 79.3 cm³/mol. The molecule has 0 bridgehead atoms. The molecule has 2 aromatic rings. The average Bonchev–Trinajstić information content (AvgIpc) is 2.81. The molecule has 0 spiro atoms. The second-order valence-corrected chi connectivity index (χ2v) is 4.89. The van der Waals surface area contributed by atoms with Crippen molar-refractivity contribution in [3.63, 3.8) is 0 Å². The van der Waals surface area contributed by atoms with Crippen LogP contribution in [0, 0.1) is 12.7 Å². The third-order valence-electron chi connectivity index (χ3n) is 3.39. The van der Waals surface area contributed by atoms with Crippen LogP contribution in [0.3, 0.4) is 0 Å². The molecule has 1 aromatic heterocycles. The number of hydrogen-bond acceptors (Lipinski definition) is 3. The molecule has 0 amide bonds. The molecule has 2 rings (SSSR count). The zero-order valence-corrected chi connectivity index (χ0v) is 12.2. The fraction of sp³-hybridized carbons (Fsp3) is 0.375. The Hall–Kier alpha value is -1.81. The lowest BCUT2D eigenvalue weighted by Crippen LogP contribution is -2.22. The van der Waals surface area contributed by atoms with Crippen LogP contribution in [0.2, 0.25) is 0 Å². The number of benzene rings is 1. The molecule has 0 aliphatic heterocycles. The molecule has 20 heavy (non-hydrogen) atoms. The molecule has 0 aliphatic carbocycles. The Kier molecular flexibility index (Phi) is 4.79.